The molecule has 2 saturated heterocycles. The highest BCUT2D eigenvalue weighted by Gasteiger charge is 2.38. The number of methoxy groups -OCH3 is 1. The molecule has 7 nitrogen and oxygen atoms in total. The van der Waals surface area contributed by atoms with Crippen molar-refractivity contribution in [3.8, 4) is 5.75 Å². The van der Waals surface area contributed by atoms with Crippen molar-refractivity contribution in [1.29, 1.82) is 0 Å². The number of aliphatic carboxylic acids is 1. The fourth-order valence-corrected chi connectivity index (χ4v) is 3.38. The fourth-order valence-electron chi connectivity index (χ4n) is 3.38. The second-order valence-electron chi connectivity index (χ2n) is 6.98. The van der Waals surface area contributed by atoms with Crippen LogP contribution in [0.15, 0.2) is 24.3 Å². The summed E-state index contributed by atoms with van der Waals surface area (Å²) in [6, 6.07) is 8.21. The number of fused-ring (bicyclic) bond motifs is 1. The van der Waals surface area contributed by atoms with Gasteiger partial charge in [0.05, 0.1) is 19.8 Å². The molecule has 0 saturated carbocycles. The summed E-state index contributed by atoms with van der Waals surface area (Å²) in [5, 5.41) is 7.12. The Morgan fingerprint density at radius 1 is 1.21 bits per heavy atom. The van der Waals surface area contributed by atoms with E-state index in [1.807, 2.05) is 17.0 Å². The third kappa shape index (κ3) is 6.90. The number of carbonyl (C=O) groups is 2. The van der Waals surface area contributed by atoms with E-state index in [4.69, 9.17) is 19.4 Å². The van der Waals surface area contributed by atoms with E-state index in [1.165, 1.54) is 5.56 Å². The first kappa shape index (κ1) is 23.0. The maximum absolute atomic E-state index is 11.6. The van der Waals surface area contributed by atoms with Gasteiger partial charge >= 0.3 is 12.1 Å². The third-order valence-electron chi connectivity index (χ3n) is 4.86. The Kier molecular flexibility index (Phi) is 7.86. The number of carboxylic acids is 1. The van der Waals surface area contributed by atoms with E-state index in [2.05, 4.69) is 17.0 Å². The molecule has 1 N–H and O–H groups in total. The van der Waals surface area contributed by atoms with E-state index in [0.717, 1.165) is 38.5 Å². The molecule has 2 aliphatic rings. The summed E-state index contributed by atoms with van der Waals surface area (Å²) in [6.45, 7) is 6.69. The van der Waals surface area contributed by atoms with Crippen LogP contribution in [0.4, 0.5) is 13.2 Å². The molecule has 1 amide bonds. The average molecular weight is 418 g/mol. The van der Waals surface area contributed by atoms with Gasteiger partial charge in [-0.05, 0) is 17.7 Å². The summed E-state index contributed by atoms with van der Waals surface area (Å²) in [5.41, 5.74) is 1.28. The van der Waals surface area contributed by atoms with Gasteiger partial charge in [-0.15, -0.1) is 0 Å². The Balaban J connectivity index is 0.000000370. The van der Waals surface area contributed by atoms with Gasteiger partial charge in [-0.2, -0.15) is 13.2 Å². The first-order valence-electron chi connectivity index (χ1n) is 9.12. The van der Waals surface area contributed by atoms with Crippen molar-refractivity contribution < 1.29 is 37.3 Å². The molecule has 1 aromatic rings. The second kappa shape index (κ2) is 9.93. The van der Waals surface area contributed by atoms with Crippen LogP contribution in [0.2, 0.25) is 0 Å². The predicted molar refractivity (Wildman–Crippen MR) is 97.4 cm³/mol. The van der Waals surface area contributed by atoms with E-state index in [0.29, 0.717) is 12.5 Å². The highest BCUT2D eigenvalue weighted by molar-refractivity contribution is 5.73. The van der Waals surface area contributed by atoms with Gasteiger partial charge in [-0.1, -0.05) is 12.1 Å². The molecule has 0 unspecified atom stereocenters. The zero-order valence-corrected chi connectivity index (χ0v) is 16.3. The molecule has 0 aliphatic carbocycles. The molecule has 2 heterocycles. The Bertz CT molecular complexity index is 696. The van der Waals surface area contributed by atoms with Crippen LogP contribution < -0.4 is 4.74 Å². The number of halogens is 3. The number of hydrogen-bond donors (Lipinski definition) is 1. The molecular formula is C19H25F3N2O5. The largest absolute Gasteiger partial charge is 0.497 e. The lowest BCUT2D eigenvalue weighted by molar-refractivity contribution is -0.192. The summed E-state index contributed by atoms with van der Waals surface area (Å²) >= 11 is 0. The van der Waals surface area contributed by atoms with E-state index >= 15 is 0 Å². The number of ether oxygens (including phenoxy) is 2. The molecule has 0 bridgehead atoms. The number of carbonyl (C=O) groups excluding carboxylic acids is 1. The van der Waals surface area contributed by atoms with Crippen molar-refractivity contribution in [2.45, 2.75) is 25.7 Å². The molecule has 2 atom stereocenters. The highest BCUT2D eigenvalue weighted by Crippen LogP contribution is 2.25. The Labute approximate surface area is 167 Å². The lowest BCUT2D eigenvalue weighted by Gasteiger charge is -2.22. The minimum Gasteiger partial charge on any atom is -0.497 e. The molecule has 10 heteroatoms. The normalized spacial score (nSPS) is 22.2. The van der Waals surface area contributed by atoms with E-state index in [9.17, 15) is 18.0 Å². The van der Waals surface area contributed by atoms with Crippen LogP contribution in [0.1, 0.15) is 12.5 Å². The molecule has 2 aliphatic heterocycles. The number of amides is 1. The number of hydrogen-bond acceptors (Lipinski definition) is 5. The third-order valence-corrected chi connectivity index (χ3v) is 4.86. The van der Waals surface area contributed by atoms with Crippen LogP contribution in [0.5, 0.6) is 5.75 Å². The SMILES string of the molecule is COc1ccc(CN2C[C@@H]3CN(C(C)=O)CCO[C@@H]3C2)cc1.O=C(O)C(F)(F)F. The van der Waals surface area contributed by atoms with Crippen LogP contribution in [-0.4, -0.2) is 79.0 Å². The van der Waals surface area contributed by atoms with E-state index in [1.54, 1.807) is 14.0 Å². The fraction of sp³-hybridized carbons (Fsp3) is 0.579. The smallest absolute Gasteiger partial charge is 0.490 e. The number of likely N-dealkylation sites (tertiary alicyclic amines) is 1. The summed E-state index contributed by atoms with van der Waals surface area (Å²) in [5.74, 6) is -1.30. The van der Waals surface area contributed by atoms with Gasteiger partial charge < -0.3 is 19.5 Å². The number of benzene rings is 1. The number of alkyl halides is 3. The van der Waals surface area contributed by atoms with Gasteiger partial charge in [0.1, 0.15) is 5.75 Å². The van der Waals surface area contributed by atoms with Gasteiger partial charge in [0.2, 0.25) is 5.91 Å². The van der Waals surface area contributed by atoms with Crippen molar-refractivity contribution in [3.05, 3.63) is 29.8 Å². The van der Waals surface area contributed by atoms with Gasteiger partial charge in [0, 0.05) is 45.6 Å². The Hall–Kier alpha value is -2.33. The minimum atomic E-state index is -5.08. The molecule has 0 aromatic heterocycles. The standard InChI is InChI=1S/C17H24N2O3.C2HF3O2/c1-13(20)19-7-8-22-17-12-18(10-15(17)11-19)9-14-3-5-16(21-2)6-4-14;3-2(4,5)1(6)7/h3-6,15,17H,7-12H2,1-2H3;(H,6,7)/t15-,17-;/m1./s1. The number of rotatable bonds is 3. The molecule has 0 radical (unpaired) electrons. The van der Waals surface area contributed by atoms with Crippen LogP contribution in [0.3, 0.4) is 0 Å². The Morgan fingerprint density at radius 3 is 2.34 bits per heavy atom. The molecule has 162 valence electrons. The van der Waals surface area contributed by atoms with Crippen molar-refractivity contribution in [1.82, 2.24) is 9.80 Å². The van der Waals surface area contributed by atoms with Crippen LogP contribution >= 0.6 is 0 Å². The monoisotopic (exact) mass is 418 g/mol. The molecule has 29 heavy (non-hydrogen) atoms. The first-order valence-corrected chi connectivity index (χ1v) is 9.12. The lowest BCUT2D eigenvalue weighted by Crippen LogP contribution is -2.35. The molecule has 1 aromatic carbocycles. The first-order chi connectivity index (χ1) is 13.6. The van der Waals surface area contributed by atoms with Gasteiger partial charge in [-0.3, -0.25) is 9.69 Å². The van der Waals surface area contributed by atoms with Crippen LogP contribution in [-0.2, 0) is 20.9 Å². The van der Waals surface area contributed by atoms with Crippen molar-refractivity contribution in [2.24, 2.45) is 5.92 Å². The van der Waals surface area contributed by atoms with E-state index < -0.39 is 12.1 Å². The number of nitrogens with zero attached hydrogens (tertiary/aromatic N) is 2. The highest BCUT2D eigenvalue weighted by atomic mass is 19.4. The summed E-state index contributed by atoms with van der Waals surface area (Å²) in [4.78, 5) is 24.8. The Morgan fingerprint density at radius 2 is 1.83 bits per heavy atom. The van der Waals surface area contributed by atoms with Crippen molar-refractivity contribution in [2.75, 3.05) is 39.9 Å². The zero-order valence-electron chi connectivity index (χ0n) is 16.3. The molecule has 3 rings (SSSR count). The van der Waals surface area contributed by atoms with E-state index in [-0.39, 0.29) is 12.0 Å². The summed E-state index contributed by atoms with van der Waals surface area (Å²) in [6.07, 6.45) is -4.83. The second-order valence-corrected chi connectivity index (χ2v) is 6.98. The summed E-state index contributed by atoms with van der Waals surface area (Å²) < 4.78 is 42.9. The zero-order chi connectivity index (χ0) is 21.6. The number of carboxylic acid groups (broad SMARTS) is 1. The minimum absolute atomic E-state index is 0.151. The van der Waals surface area contributed by atoms with Crippen molar-refractivity contribution >= 4 is 11.9 Å². The van der Waals surface area contributed by atoms with Crippen LogP contribution in [0.25, 0.3) is 0 Å². The molecule has 2 fully saturated rings. The topological polar surface area (TPSA) is 79.3 Å². The predicted octanol–water partition coefficient (Wildman–Crippen LogP) is 2.01. The average Bonchev–Trinajstić information content (AvgIpc) is 2.91. The van der Waals surface area contributed by atoms with Crippen LogP contribution in [0, 0.1) is 5.92 Å². The molecular weight excluding hydrogens is 393 g/mol. The van der Waals surface area contributed by atoms with Gasteiger partial charge in [-0.25, -0.2) is 4.79 Å². The van der Waals surface area contributed by atoms with Gasteiger partial charge in [0.15, 0.2) is 0 Å². The van der Waals surface area contributed by atoms with Gasteiger partial charge in [0.25, 0.3) is 0 Å². The van der Waals surface area contributed by atoms with Crippen molar-refractivity contribution in [3.63, 3.8) is 0 Å². The maximum atomic E-state index is 11.6. The quantitative estimate of drug-likeness (QED) is 0.809. The summed E-state index contributed by atoms with van der Waals surface area (Å²) in [7, 11) is 1.68. The molecule has 0 spiro atoms. The maximum Gasteiger partial charge on any atom is 0.490 e. The lowest BCUT2D eigenvalue weighted by atomic mass is 10.1.